The number of hydrogen-bond donors (Lipinski definition) is 1. The van der Waals surface area contributed by atoms with Crippen molar-refractivity contribution in [2.45, 2.75) is 18.3 Å². The number of benzene rings is 1. The van der Waals surface area contributed by atoms with Gasteiger partial charge in [-0.15, -0.1) is 0 Å². The van der Waals surface area contributed by atoms with E-state index in [0.717, 1.165) is 11.1 Å². The fourth-order valence-electron chi connectivity index (χ4n) is 2.65. The van der Waals surface area contributed by atoms with Crippen LogP contribution >= 0.6 is 22.9 Å². The van der Waals surface area contributed by atoms with Crippen molar-refractivity contribution >= 4 is 34.8 Å². The van der Waals surface area contributed by atoms with Crippen molar-refractivity contribution in [2.75, 3.05) is 0 Å². The largest absolute Gasteiger partial charge is 0.296 e. The lowest BCUT2D eigenvalue weighted by atomic mass is 9.77. The highest BCUT2D eigenvalue weighted by molar-refractivity contribution is 7.08. The van der Waals surface area contributed by atoms with Gasteiger partial charge in [0, 0.05) is 17.4 Å². The number of piperidine rings is 1. The second kappa shape index (κ2) is 5.38. The number of amides is 2. The zero-order valence-corrected chi connectivity index (χ0v) is 12.1. The maximum Gasteiger partial charge on any atom is 0.234 e. The number of hydrogen-bond acceptors (Lipinski definition) is 3. The van der Waals surface area contributed by atoms with E-state index >= 15 is 0 Å². The molecule has 1 aromatic carbocycles. The van der Waals surface area contributed by atoms with Gasteiger partial charge in [-0.2, -0.15) is 11.3 Å². The SMILES string of the molecule is O=C1CC(c2ccsc2)C(c2ccccc2Cl)C(=O)N1. The molecule has 20 heavy (non-hydrogen) atoms. The summed E-state index contributed by atoms with van der Waals surface area (Å²) in [4.78, 5) is 24.0. The molecule has 1 fully saturated rings. The molecule has 2 unspecified atom stereocenters. The Bertz CT molecular complexity index is 654. The van der Waals surface area contributed by atoms with E-state index in [4.69, 9.17) is 11.6 Å². The molecular formula is C15H12ClNO2S. The summed E-state index contributed by atoms with van der Waals surface area (Å²) in [6.45, 7) is 0. The van der Waals surface area contributed by atoms with Crippen molar-refractivity contribution in [1.29, 1.82) is 0 Å². The summed E-state index contributed by atoms with van der Waals surface area (Å²) >= 11 is 7.78. The van der Waals surface area contributed by atoms with Gasteiger partial charge in [0.25, 0.3) is 0 Å². The molecule has 0 radical (unpaired) electrons. The highest BCUT2D eigenvalue weighted by atomic mass is 35.5. The van der Waals surface area contributed by atoms with Crippen molar-refractivity contribution in [3.8, 4) is 0 Å². The minimum Gasteiger partial charge on any atom is -0.296 e. The number of rotatable bonds is 2. The summed E-state index contributed by atoms with van der Waals surface area (Å²) in [6.07, 6.45) is 0.304. The van der Waals surface area contributed by atoms with Crippen LogP contribution in [-0.2, 0) is 9.59 Å². The third-order valence-electron chi connectivity index (χ3n) is 3.56. The van der Waals surface area contributed by atoms with Gasteiger partial charge >= 0.3 is 0 Å². The van der Waals surface area contributed by atoms with Gasteiger partial charge in [-0.25, -0.2) is 0 Å². The summed E-state index contributed by atoms with van der Waals surface area (Å²) in [5, 5.41) is 6.91. The summed E-state index contributed by atoms with van der Waals surface area (Å²) in [7, 11) is 0. The Morgan fingerprint density at radius 3 is 2.70 bits per heavy atom. The molecule has 2 amide bonds. The van der Waals surface area contributed by atoms with Crippen LogP contribution in [0.4, 0.5) is 0 Å². The molecule has 102 valence electrons. The Balaban J connectivity index is 2.07. The fraction of sp³-hybridized carbons (Fsp3) is 0.200. The van der Waals surface area contributed by atoms with E-state index in [9.17, 15) is 9.59 Å². The van der Waals surface area contributed by atoms with Crippen molar-refractivity contribution in [1.82, 2.24) is 5.32 Å². The standard InChI is InChI=1S/C15H12ClNO2S/c16-12-4-2-1-3-10(12)14-11(9-5-6-20-8-9)7-13(18)17-15(14)19/h1-6,8,11,14H,7H2,(H,17,18,19). The molecule has 0 bridgehead atoms. The second-order valence-electron chi connectivity index (χ2n) is 4.78. The molecule has 1 saturated heterocycles. The number of carbonyl (C=O) groups is 2. The molecule has 2 atom stereocenters. The van der Waals surface area contributed by atoms with Crippen LogP contribution in [0.25, 0.3) is 0 Å². The molecule has 1 N–H and O–H groups in total. The summed E-state index contributed by atoms with van der Waals surface area (Å²) in [6, 6.07) is 9.27. The van der Waals surface area contributed by atoms with Gasteiger partial charge in [-0.05, 0) is 34.0 Å². The lowest BCUT2D eigenvalue weighted by Gasteiger charge is -2.30. The maximum atomic E-state index is 12.3. The first-order chi connectivity index (χ1) is 9.66. The van der Waals surface area contributed by atoms with E-state index in [-0.39, 0.29) is 17.7 Å². The molecule has 2 heterocycles. The first kappa shape index (κ1) is 13.3. The van der Waals surface area contributed by atoms with Gasteiger partial charge in [0.2, 0.25) is 11.8 Å². The molecule has 2 aromatic rings. The average Bonchev–Trinajstić information content (AvgIpc) is 2.93. The van der Waals surface area contributed by atoms with Gasteiger partial charge in [0.15, 0.2) is 0 Å². The number of imide groups is 1. The van der Waals surface area contributed by atoms with E-state index < -0.39 is 5.92 Å². The maximum absolute atomic E-state index is 12.3. The molecule has 0 saturated carbocycles. The minimum atomic E-state index is -0.420. The van der Waals surface area contributed by atoms with E-state index in [0.29, 0.717) is 11.4 Å². The first-order valence-electron chi connectivity index (χ1n) is 6.27. The molecule has 1 aliphatic heterocycles. The van der Waals surface area contributed by atoms with Crippen molar-refractivity contribution in [2.24, 2.45) is 0 Å². The van der Waals surface area contributed by atoms with Crippen molar-refractivity contribution < 1.29 is 9.59 Å². The number of thiophene rings is 1. The van der Waals surface area contributed by atoms with Crippen molar-refractivity contribution in [3.63, 3.8) is 0 Å². The number of carbonyl (C=O) groups excluding carboxylic acids is 2. The number of halogens is 1. The Labute approximate surface area is 125 Å². The summed E-state index contributed by atoms with van der Waals surface area (Å²) < 4.78 is 0. The number of nitrogens with one attached hydrogen (secondary N) is 1. The smallest absolute Gasteiger partial charge is 0.234 e. The van der Waals surface area contributed by atoms with E-state index in [2.05, 4.69) is 5.32 Å². The second-order valence-corrected chi connectivity index (χ2v) is 5.97. The van der Waals surface area contributed by atoms with E-state index in [1.807, 2.05) is 35.0 Å². The van der Waals surface area contributed by atoms with Crippen molar-refractivity contribution in [3.05, 3.63) is 57.2 Å². The van der Waals surface area contributed by atoms with Crippen LogP contribution in [0.15, 0.2) is 41.1 Å². The van der Waals surface area contributed by atoms with Gasteiger partial charge in [0.1, 0.15) is 0 Å². The first-order valence-corrected chi connectivity index (χ1v) is 7.59. The van der Waals surface area contributed by atoms with Crippen LogP contribution in [0.2, 0.25) is 5.02 Å². The molecule has 5 heteroatoms. The van der Waals surface area contributed by atoms with Gasteiger partial charge < -0.3 is 0 Å². The Kier molecular flexibility index (Phi) is 3.59. The van der Waals surface area contributed by atoms with E-state index in [1.54, 1.807) is 17.4 Å². The Morgan fingerprint density at radius 2 is 2.00 bits per heavy atom. The summed E-state index contributed by atoms with van der Waals surface area (Å²) in [5.74, 6) is -1.07. The molecule has 3 nitrogen and oxygen atoms in total. The normalized spacial score (nSPS) is 22.6. The van der Waals surface area contributed by atoms with Gasteiger partial charge in [-0.1, -0.05) is 29.8 Å². The van der Waals surface area contributed by atoms with Crippen LogP contribution in [0.1, 0.15) is 29.4 Å². The minimum absolute atomic E-state index is 0.151. The zero-order valence-electron chi connectivity index (χ0n) is 10.5. The quantitative estimate of drug-likeness (QED) is 0.865. The molecular weight excluding hydrogens is 294 g/mol. The van der Waals surface area contributed by atoms with Gasteiger partial charge in [0.05, 0.1) is 5.92 Å². The van der Waals surface area contributed by atoms with Crippen LogP contribution in [0.5, 0.6) is 0 Å². The Hall–Kier alpha value is -1.65. The molecule has 0 aliphatic carbocycles. The fourth-order valence-corrected chi connectivity index (χ4v) is 3.63. The van der Waals surface area contributed by atoms with Crippen LogP contribution in [0.3, 0.4) is 0 Å². The Morgan fingerprint density at radius 1 is 1.20 bits per heavy atom. The average molecular weight is 306 g/mol. The van der Waals surface area contributed by atoms with Crippen LogP contribution < -0.4 is 5.32 Å². The molecule has 0 spiro atoms. The lowest BCUT2D eigenvalue weighted by Crippen LogP contribution is -2.43. The topological polar surface area (TPSA) is 46.2 Å². The molecule has 1 aromatic heterocycles. The lowest BCUT2D eigenvalue weighted by molar-refractivity contribution is -0.135. The van der Waals surface area contributed by atoms with E-state index in [1.165, 1.54) is 0 Å². The summed E-state index contributed by atoms with van der Waals surface area (Å²) in [5.41, 5.74) is 1.79. The highest BCUT2D eigenvalue weighted by Crippen LogP contribution is 2.41. The third-order valence-corrected chi connectivity index (χ3v) is 4.61. The predicted molar refractivity (Wildman–Crippen MR) is 79.0 cm³/mol. The molecule has 3 rings (SSSR count). The highest BCUT2D eigenvalue weighted by Gasteiger charge is 2.38. The van der Waals surface area contributed by atoms with Crippen LogP contribution in [0, 0.1) is 0 Å². The zero-order chi connectivity index (χ0) is 14.1. The predicted octanol–water partition coefficient (Wildman–Crippen LogP) is 3.32. The monoisotopic (exact) mass is 305 g/mol. The molecule has 1 aliphatic rings. The third kappa shape index (κ3) is 2.37. The van der Waals surface area contributed by atoms with Crippen LogP contribution in [-0.4, -0.2) is 11.8 Å². The van der Waals surface area contributed by atoms with Gasteiger partial charge in [-0.3, -0.25) is 14.9 Å².